The third kappa shape index (κ3) is 6.07. The summed E-state index contributed by atoms with van der Waals surface area (Å²) in [7, 11) is 1.57. The van der Waals surface area contributed by atoms with Crippen LogP contribution in [-0.4, -0.2) is 48.4 Å². The van der Waals surface area contributed by atoms with E-state index >= 15 is 0 Å². The molecule has 1 aromatic carbocycles. The first-order valence-electron chi connectivity index (χ1n) is 11.1. The monoisotopic (exact) mass is 452 g/mol. The highest BCUT2D eigenvalue weighted by Crippen LogP contribution is 2.26. The van der Waals surface area contributed by atoms with Crippen LogP contribution in [0.15, 0.2) is 24.3 Å². The second-order valence-electron chi connectivity index (χ2n) is 9.64. The maximum atomic E-state index is 13.1. The summed E-state index contributed by atoms with van der Waals surface area (Å²) in [6, 6.07) is 5.82. The number of hydrogen-bond donors (Lipinski definition) is 4. The van der Waals surface area contributed by atoms with Gasteiger partial charge in [-0.1, -0.05) is 32.8 Å². The van der Waals surface area contributed by atoms with Gasteiger partial charge in [0.15, 0.2) is 0 Å². The zero-order valence-corrected chi connectivity index (χ0v) is 19.6. The van der Waals surface area contributed by atoms with E-state index in [0.717, 1.165) is 10.9 Å². The molecule has 8 heteroatoms. The molecule has 1 aliphatic rings. The third-order valence-electron chi connectivity index (χ3n) is 5.73. The number of amides is 3. The number of carbonyl (C=O) groups is 3. The van der Waals surface area contributed by atoms with Crippen molar-refractivity contribution in [3.05, 3.63) is 30.0 Å². The molecule has 0 spiro atoms. The van der Waals surface area contributed by atoms with Crippen molar-refractivity contribution < 1.29 is 19.1 Å². The number of aromatic nitrogens is 1. The number of H-pyrrole nitrogens is 1. The maximum absolute atomic E-state index is 13.1. The van der Waals surface area contributed by atoms with E-state index in [2.05, 4.69) is 26.9 Å². The molecule has 4 N–H and O–H groups in total. The van der Waals surface area contributed by atoms with Crippen molar-refractivity contribution in [1.82, 2.24) is 20.9 Å². The molecule has 3 atom stereocenters. The first kappa shape index (κ1) is 24.2. The Balaban J connectivity index is 1.74. The predicted octanol–water partition coefficient (Wildman–Crippen LogP) is 2.36. The summed E-state index contributed by atoms with van der Waals surface area (Å²) in [6.45, 7) is 6.60. The largest absolute Gasteiger partial charge is 0.496 e. The van der Waals surface area contributed by atoms with E-state index < -0.39 is 18.0 Å². The van der Waals surface area contributed by atoms with Crippen molar-refractivity contribution in [1.29, 1.82) is 0 Å². The summed E-state index contributed by atoms with van der Waals surface area (Å²) in [5, 5.41) is 9.25. The first-order valence-corrected chi connectivity index (χ1v) is 11.1. The highest BCUT2D eigenvalue weighted by Gasteiger charge is 2.31. The minimum atomic E-state index is -0.793. The average Bonchev–Trinajstić information content (AvgIpc) is 3.37. The molecule has 3 amide bonds. The molecule has 3 unspecified atom stereocenters. The van der Waals surface area contributed by atoms with Gasteiger partial charge in [-0.05, 0) is 42.9 Å². The Morgan fingerprint density at radius 2 is 2.06 bits per heavy atom. The zero-order chi connectivity index (χ0) is 24.2. The van der Waals surface area contributed by atoms with Crippen LogP contribution in [0.4, 0.5) is 0 Å². The van der Waals surface area contributed by atoms with Crippen LogP contribution in [0.25, 0.3) is 10.9 Å². The molecule has 1 aromatic heterocycles. The van der Waals surface area contributed by atoms with Crippen LogP contribution in [0.1, 0.15) is 50.5 Å². The number of methoxy groups -OCH3 is 1. The maximum Gasteiger partial charge on any atom is 0.268 e. The molecule has 1 saturated heterocycles. The molecule has 0 aliphatic carbocycles. The van der Waals surface area contributed by atoms with Gasteiger partial charge in [-0.3, -0.25) is 14.4 Å². The van der Waals surface area contributed by atoms with E-state index in [1.165, 1.54) is 0 Å². The zero-order valence-electron chi connectivity index (χ0n) is 19.6. The summed E-state index contributed by atoms with van der Waals surface area (Å²) in [5.41, 5.74) is 0.867. The van der Waals surface area contributed by atoms with Crippen molar-refractivity contribution in [2.24, 2.45) is 11.3 Å². The molecule has 0 bridgehead atoms. The fourth-order valence-electron chi connectivity index (χ4n) is 4.08. The van der Waals surface area contributed by atoms with Crippen molar-refractivity contribution in [3.8, 4) is 18.1 Å². The Hall–Kier alpha value is -3.47. The number of nitrogens with one attached hydrogen (secondary N) is 4. The molecule has 8 nitrogen and oxygen atoms in total. The van der Waals surface area contributed by atoms with Gasteiger partial charge >= 0.3 is 0 Å². The molecule has 2 aromatic rings. The van der Waals surface area contributed by atoms with Crippen LogP contribution < -0.4 is 20.7 Å². The van der Waals surface area contributed by atoms with E-state index in [4.69, 9.17) is 11.2 Å². The van der Waals surface area contributed by atoms with Crippen LogP contribution >= 0.6 is 0 Å². The van der Waals surface area contributed by atoms with E-state index in [1.807, 2.05) is 39.0 Å². The van der Waals surface area contributed by atoms with E-state index in [9.17, 15) is 14.4 Å². The fraction of sp³-hybridized carbons (Fsp3) is 0.480. The molecular formula is C25H32N4O4. The molecule has 1 fully saturated rings. The number of hydrogen-bond acceptors (Lipinski definition) is 4. The average molecular weight is 453 g/mol. The Morgan fingerprint density at radius 1 is 1.30 bits per heavy atom. The van der Waals surface area contributed by atoms with Gasteiger partial charge in [0, 0.05) is 23.4 Å². The number of carbonyl (C=O) groups excluding carboxylic acids is 3. The SMILES string of the molecule is C#CC(CC1CCNC1=O)NC(=O)C(CC(C)(C)C)NC(=O)c1cc2c(OC)cccc2[nH]1. The summed E-state index contributed by atoms with van der Waals surface area (Å²) in [6.07, 6.45) is 7.11. The number of ether oxygens (including phenoxy) is 1. The number of fused-ring (bicyclic) bond motifs is 1. The highest BCUT2D eigenvalue weighted by atomic mass is 16.5. The molecule has 176 valence electrons. The Kier molecular flexibility index (Phi) is 7.32. The quantitative estimate of drug-likeness (QED) is 0.461. The van der Waals surface area contributed by atoms with E-state index in [1.54, 1.807) is 13.2 Å². The fourth-order valence-corrected chi connectivity index (χ4v) is 4.08. The molecule has 3 rings (SSSR count). The molecule has 0 radical (unpaired) electrons. The third-order valence-corrected chi connectivity index (χ3v) is 5.73. The first-order chi connectivity index (χ1) is 15.6. The highest BCUT2D eigenvalue weighted by molar-refractivity contribution is 6.01. The summed E-state index contributed by atoms with van der Waals surface area (Å²) in [4.78, 5) is 41.1. The molecule has 0 saturated carbocycles. The van der Waals surface area contributed by atoms with Crippen molar-refractivity contribution in [3.63, 3.8) is 0 Å². The Labute approximate surface area is 194 Å². The number of aromatic amines is 1. The topological polar surface area (TPSA) is 112 Å². The lowest BCUT2D eigenvalue weighted by atomic mass is 9.87. The van der Waals surface area contributed by atoms with Gasteiger partial charge in [-0.25, -0.2) is 0 Å². The number of terminal acetylenes is 1. The molecule has 1 aliphatic heterocycles. The van der Waals surface area contributed by atoms with Gasteiger partial charge in [0.05, 0.1) is 13.2 Å². The van der Waals surface area contributed by atoms with Crippen molar-refractivity contribution >= 4 is 28.6 Å². The van der Waals surface area contributed by atoms with Gasteiger partial charge in [-0.2, -0.15) is 0 Å². The summed E-state index contributed by atoms with van der Waals surface area (Å²) < 4.78 is 5.36. The Bertz CT molecular complexity index is 1080. The smallest absolute Gasteiger partial charge is 0.268 e. The van der Waals surface area contributed by atoms with E-state index in [-0.39, 0.29) is 23.1 Å². The van der Waals surface area contributed by atoms with Crippen LogP contribution in [0.3, 0.4) is 0 Å². The second-order valence-corrected chi connectivity index (χ2v) is 9.64. The van der Waals surface area contributed by atoms with Crippen LogP contribution in [0.5, 0.6) is 5.75 Å². The normalized spacial score (nSPS) is 17.7. The predicted molar refractivity (Wildman–Crippen MR) is 127 cm³/mol. The minimum Gasteiger partial charge on any atom is -0.496 e. The van der Waals surface area contributed by atoms with Crippen LogP contribution in [0.2, 0.25) is 0 Å². The van der Waals surface area contributed by atoms with Gasteiger partial charge in [-0.15, -0.1) is 6.42 Å². The van der Waals surface area contributed by atoms with Gasteiger partial charge in [0.25, 0.3) is 5.91 Å². The van der Waals surface area contributed by atoms with Gasteiger partial charge in [0.1, 0.15) is 17.5 Å². The summed E-state index contributed by atoms with van der Waals surface area (Å²) in [5.74, 6) is 2.19. The van der Waals surface area contributed by atoms with Gasteiger partial charge < -0.3 is 25.7 Å². The van der Waals surface area contributed by atoms with Crippen LogP contribution in [0, 0.1) is 23.7 Å². The second kappa shape index (κ2) is 9.99. The van der Waals surface area contributed by atoms with Crippen LogP contribution in [-0.2, 0) is 9.59 Å². The standard InChI is InChI=1S/C25H32N4O4/c1-6-16(12-15-10-11-26-22(15)30)27-24(32)20(14-25(2,3)4)29-23(31)19-13-17-18(28-19)8-7-9-21(17)33-5/h1,7-9,13,15-16,20,28H,10-12,14H2,2-5H3,(H,26,30)(H,27,32)(H,29,31). The number of rotatable bonds is 8. The molecule has 2 heterocycles. The Morgan fingerprint density at radius 3 is 2.67 bits per heavy atom. The van der Waals surface area contributed by atoms with Crippen molar-refractivity contribution in [2.75, 3.05) is 13.7 Å². The molecular weight excluding hydrogens is 420 g/mol. The molecule has 33 heavy (non-hydrogen) atoms. The lowest BCUT2D eigenvalue weighted by Crippen LogP contribution is -2.51. The lowest BCUT2D eigenvalue weighted by Gasteiger charge is -2.27. The number of benzene rings is 1. The van der Waals surface area contributed by atoms with Crippen molar-refractivity contribution in [2.45, 2.75) is 52.1 Å². The minimum absolute atomic E-state index is 0.0433. The lowest BCUT2D eigenvalue weighted by molar-refractivity contribution is -0.125. The van der Waals surface area contributed by atoms with Gasteiger partial charge in [0.2, 0.25) is 11.8 Å². The summed E-state index contributed by atoms with van der Waals surface area (Å²) >= 11 is 0. The van der Waals surface area contributed by atoms with E-state index in [0.29, 0.717) is 37.3 Å².